The van der Waals surface area contributed by atoms with Crippen molar-refractivity contribution in [1.29, 1.82) is 0 Å². The fourth-order valence-electron chi connectivity index (χ4n) is 3.82. The summed E-state index contributed by atoms with van der Waals surface area (Å²) in [6, 6.07) is 10.6. The summed E-state index contributed by atoms with van der Waals surface area (Å²) in [4.78, 5) is 28.3. The van der Waals surface area contributed by atoms with Crippen molar-refractivity contribution >= 4 is 11.9 Å². The van der Waals surface area contributed by atoms with E-state index in [-0.39, 0.29) is 18.5 Å². The van der Waals surface area contributed by atoms with Gasteiger partial charge in [0.1, 0.15) is 0 Å². The molecule has 2 aliphatic heterocycles. The van der Waals surface area contributed by atoms with Gasteiger partial charge in [0.25, 0.3) is 0 Å². The molecule has 1 aromatic carbocycles. The zero-order valence-electron chi connectivity index (χ0n) is 15.5. The summed E-state index contributed by atoms with van der Waals surface area (Å²) in [6.07, 6.45) is 5.64. The van der Waals surface area contributed by atoms with Crippen molar-refractivity contribution in [1.82, 2.24) is 20.4 Å². The van der Waals surface area contributed by atoms with Crippen LogP contribution in [0.2, 0.25) is 0 Å². The lowest BCUT2D eigenvalue weighted by molar-refractivity contribution is -0.128. The molecule has 0 bridgehead atoms. The third-order valence-corrected chi connectivity index (χ3v) is 5.33. The molecule has 2 fully saturated rings. The predicted octanol–water partition coefficient (Wildman–Crippen LogP) is 1.96. The number of benzene rings is 1. The van der Waals surface area contributed by atoms with Crippen molar-refractivity contribution in [3.05, 3.63) is 35.9 Å². The van der Waals surface area contributed by atoms with E-state index in [0.29, 0.717) is 12.6 Å². The highest BCUT2D eigenvalue weighted by Crippen LogP contribution is 2.19. The van der Waals surface area contributed by atoms with Crippen LogP contribution in [0.25, 0.3) is 0 Å². The van der Waals surface area contributed by atoms with Gasteiger partial charge in [-0.2, -0.15) is 0 Å². The highest BCUT2D eigenvalue weighted by Gasteiger charge is 2.23. The van der Waals surface area contributed by atoms with Gasteiger partial charge in [0.05, 0.1) is 6.54 Å². The molecule has 0 radical (unpaired) electrons. The predicted molar refractivity (Wildman–Crippen MR) is 102 cm³/mol. The number of rotatable bonds is 6. The molecular weight excluding hydrogens is 328 g/mol. The van der Waals surface area contributed by atoms with Crippen molar-refractivity contribution < 1.29 is 9.59 Å². The van der Waals surface area contributed by atoms with Crippen molar-refractivity contribution in [2.75, 3.05) is 32.7 Å². The molecule has 0 aromatic heterocycles. The van der Waals surface area contributed by atoms with Crippen LogP contribution in [0.5, 0.6) is 0 Å². The second-order valence-electron chi connectivity index (χ2n) is 7.26. The second-order valence-corrected chi connectivity index (χ2v) is 7.26. The van der Waals surface area contributed by atoms with E-state index in [2.05, 4.69) is 39.8 Å². The summed E-state index contributed by atoms with van der Waals surface area (Å²) in [5.74, 6) is 0.0148. The highest BCUT2D eigenvalue weighted by atomic mass is 16.2. The fraction of sp³-hybridized carbons (Fsp3) is 0.600. The third-order valence-electron chi connectivity index (χ3n) is 5.33. The summed E-state index contributed by atoms with van der Waals surface area (Å²) in [5, 5.41) is 5.66. The van der Waals surface area contributed by atoms with E-state index in [1.165, 1.54) is 18.4 Å². The Morgan fingerprint density at radius 2 is 1.69 bits per heavy atom. The minimum absolute atomic E-state index is 0.0148. The summed E-state index contributed by atoms with van der Waals surface area (Å²) < 4.78 is 0. The van der Waals surface area contributed by atoms with E-state index in [1.807, 2.05) is 11.0 Å². The standard InChI is InChI=1S/C20H30N4O2/c25-19(23-11-6-7-12-23)15-22-20(26)21-14-18-10-4-5-13-24(18)16-17-8-2-1-3-9-17/h1-3,8-9,18H,4-7,10-16H2,(H2,21,22,26). The quantitative estimate of drug-likeness (QED) is 0.817. The first-order valence-electron chi connectivity index (χ1n) is 9.80. The monoisotopic (exact) mass is 358 g/mol. The first-order valence-corrected chi connectivity index (χ1v) is 9.80. The number of likely N-dealkylation sites (tertiary alicyclic amines) is 2. The molecule has 2 saturated heterocycles. The Balaban J connectivity index is 1.41. The van der Waals surface area contributed by atoms with Gasteiger partial charge in [-0.1, -0.05) is 36.8 Å². The van der Waals surface area contributed by atoms with Crippen LogP contribution in [0, 0.1) is 0 Å². The Labute approximate surface area is 155 Å². The lowest BCUT2D eigenvalue weighted by Gasteiger charge is -2.35. The molecule has 142 valence electrons. The molecule has 2 heterocycles. The van der Waals surface area contributed by atoms with Gasteiger partial charge in [0.15, 0.2) is 0 Å². The molecule has 3 rings (SSSR count). The number of piperidine rings is 1. The topological polar surface area (TPSA) is 64.7 Å². The van der Waals surface area contributed by atoms with E-state index >= 15 is 0 Å². The Bertz CT molecular complexity index is 587. The van der Waals surface area contributed by atoms with Gasteiger partial charge in [0, 0.05) is 32.2 Å². The number of carbonyl (C=O) groups excluding carboxylic acids is 2. The van der Waals surface area contributed by atoms with Gasteiger partial charge in [-0.15, -0.1) is 0 Å². The smallest absolute Gasteiger partial charge is 0.315 e. The average Bonchev–Trinajstić information content (AvgIpc) is 3.21. The maximum Gasteiger partial charge on any atom is 0.315 e. The fourth-order valence-corrected chi connectivity index (χ4v) is 3.82. The van der Waals surface area contributed by atoms with Crippen LogP contribution in [-0.4, -0.2) is 60.5 Å². The largest absolute Gasteiger partial charge is 0.341 e. The van der Waals surface area contributed by atoms with Crippen molar-refractivity contribution in [3.8, 4) is 0 Å². The Morgan fingerprint density at radius 3 is 2.46 bits per heavy atom. The van der Waals surface area contributed by atoms with Gasteiger partial charge < -0.3 is 15.5 Å². The summed E-state index contributed by atoms with van der Waals surface area (Å²) in [5.41, 5.74) is 1.31. The molecular formula is C20H30N4O2. The third kappa shape index (κ3) is 5.46. The molecule has 6 nitrogen and oxygen atoms in total. The van der Waals surface area contributed by atoms with Crippen LogP contribution in [0.3, 0.4) is 0 Å². The maximum atomic E-state index is 12.1. The molecule has 0 spiro atoms. The van der Waals surface area contributed by atoms with Crippen molar-refractivity contribution in [3.63, 3.8) is 0 Å². The van der Waals surface area contributed by atoms with E-state index in [0.717, 1.165) is 45.4 Å². The van der Waals surface area contributed by atoms with Crippen LogP contribution in [-0.2, 0) is 11.3 Å². The highest BCUT2D eigenvalue weighted by molar-refractivity contribution is 5.84. The van der Waals surface area contributed by atoms with Crippen LogP contribution in [0.15, 0.2) is 30.3 Å². The normalized spacial score (nSPS) is 20.8. The first-order chi connectivity index (χ1) is 12.7. The minimum atomic E-state index is -0.247. The molecule has 1 unspecified atom stereocenters. The number of hydrogen-bond donors (Lipinski definition) is 2. The number of amides is 3. The number of hydrogen-bond acceptors (Lipinski definition) is 3. The molecule has 2 N–H and O–H groups in total. The Hall–Kier alpha value is -2.08. The van der Waals surface area contributed by atoms with Gasteiger partial charge >= 0.3 is 6.03 Å². The molecule has 0 saturated carbocycles. The zero-order chi connectivity index (χ0) is 18.2. The van der Waals surface area contributed by atoms with Gasteiger partial charge in [-0.05, 0) is 37.8 Å². The molecule has 1 atom stereocenters. The van der Waals surface area contributed by atoms with Crippen LogP contribution in [0.4, 0.5) is 4.79 Å². The summed E-state index contributed by atoms with van der Waals surface area (Å²) >= 11 is 0. The molecule has 1 aromatic rings. The average molecular weight is 358 g/mol. The SMILES string of the molecule is O=C(NCC(=O)N1CCCC1)NCC1CCCCN1Cc1ccccc1. The number of carbonyl (C=O) groups is 2. The first kappa shape index (κ1) is 18.7. The lowest BCUT2D eigenvalue weighted by Crippen LogP contribution is -2.49. The van der Waals surface area contributed by atoms with Crippen LogP contribution >= 0.6 is 0 Å². The molecule has 26 heavy (non-hydrogen) atoms. The van der Waals surface area contributed by atoms with E-state index in [4.69, 9.17) is 0 Å². The lowest BCUT2D eigenvalue weighted by atomic mass is 10.0. The van der Waals surface area contributed by atoms with E-state index < -0.39 is 0 Å². The van der Waals surface area contributed by atoms with Crippen molar-refractivity contribution in [2.45, 2.75) is 44.7 Å². The van der Waals surface area contributed by atoms with E-state index in [9.17, 15) is 9.59 Å². The minimum Gasteiger partial charge on any atom is -0.341 e. The summed E-state index contributed by atoms with van der Waals surface area (Å²) in [6.45, 7) is 4.33. The molecule has 6 heteroatoms. The van der Waals surface area contributed by atoms with Crippen LogP contribution in [0.1, 0.15) is 37.7 Å². The van der Waals surface area contributed by atoms with Gasteiger partial charge in [-0.3, -0.25) is 9.69 Å². The maximum absolute atomic E-state index is 12.1. The Kier molecular flexibility index (Phi) is 6.89. The number of urea groups is 1. The van der Waals surface area contributed by atoms with Gasteiger partial charge in [0.2, 0.25) is 5.91 Å². The second kappa shape index (κ2) is 9.57. The number of nitrogens with zero attached hydrogens (tertiary/aromatic N) is 2. The van der Waals surface area contributed by atoms with Crippen LogP contribution < -0.4 is 10.6 Å². The molecule has 0 aliphatic carbocycles. The zero-order valence-corrected chi connectivity index (χ0v) is 15.5. The van der Waals surface area contributed by atoms with Gasteiger partial charge in [-0.25, -0.2) is 4.79 Å². The Morgan fingerprint density at radius 1 is 0.962 bits per heavy atom. The van der Waals surface area contributed by atoms with E-state index in [1.54, 1.807) is 0 Å². The molecule has 2 aliphatic rings. The number of nitrogens with one attached hydrogen (secondary N) is 2. The summed E-state index contributed by atoms with van der Waals surface area (Å²) in [7, 11) is 0. The molecule has 3 amide bonds. The van der Waals surface area contributed by atoms with Crippen molar-refractivity contribution in [2.24, 2.45) is 0 Å².